The van der Waals surface area contributed by atoms with Crippen LogP contribution in [0.3, 0.4) is 0 Å². The molecule has 2 aromatic rings. The lowest BCUT2D eigenvalue weighted by molar-refractivity contribution is -0.127. The minimum absolute atomic E-state index is 0.210. The van der Waals surface area contributed by atoms with Gasteiger partial charge in [0, 0.05) is 6.54 Å². The fourth-order valence-electron chi connectivity index (χ4n) is 1.70. The molecule has 1 N–H and O–H groups in total. The molecule has 0 unspecified atom stereocenters. The summed E-state index contributed by atoms with van der Waals surface area (Å²) in [5.74, 6) is -0.0783. The third-order valence-electron chi connectivity index (χ3n) is 2.81. The van der Waals surface area contributed by atoms with E-state index in [1.165, 1.54) is 24.3 Å². The lowest BCUT2D eigenvalue weighted by atomic mass is 10.2. The van der Waals surface area contributed by atoms with Crippen LogP contribution >= 0.6 is 0 Å². The van der Waals surface area contributed by atoms with Crippen LogP contribution in [-0.2, 0) is 11.3 Å². The van der Waals surface area contributed by atoms with Crippen molar-refractivity contribution in [1.29, 1.82) is 0 Å². The van der Waals surface area contributed by atoms with E-state index in [0.29, 0.717) is 12.3 Å². The van der Waals surface area contributed by atoms with Gasteiger partial charge in [0.25, 0.3) is 5.91 Å². The monoisotopic (exact) mass is 273 g/mol. The molecule has 0 aromatic heterocycles. The Morgan fingerprint density at radius 2 is 1.80 bits per heavy atom. The molecule has 0 heterocycles. The highest BCUT2D eigenvalue weighted by molar-refractivity contribution is 5.80. The van der Waals surface area contributed by atoms with Gasteiger partial charge in [0.15, 0.2) is 6.10 Å². The number of benzene rings is 2. The third kappa shape index (κ3) is 4.09. The van der Waals surface area contributed by atoms with Crippen molar-refractivity contribution in [3.63, 3.8) is 0 Å². The van der Waals surface area contributed by atoms with Crippen molar-refractivity contribution in [1.82, 2.24) is 5.32 Å². The number of rotatable bonds is 5. The molecular formula is C16H16FNO2. The molecule has 0 spiro atoms. The molecule has 0 aliphatic carbocycles. The van der Waals surface area contributed by atoms with Gasteiger partial charge in [-0.15, -0.1) is 0 Å². The highest BCUT2D eigenvalue weighted by Gasteiger charge is 2.14. The van der Waals surface area contributed by atoms with Gasteiger partial charge in [0.1, 0.15) is 11.6 Å². The van der Waals surface area contributed by atoms with Crippen LogP contribution in [0, 0.1) is 5.82 Å². The minimum atomic E-state index is -0.635. The van der Waals surface area contributed by atoms with Crippen molar-refractivity contribution in [2.75, 3.05) is 0 Å². The first-order valence-electron chi connectivity index (χ1n) is 6.39. The first kappa shape index (κ1) is 14.1. The van der Waals surface area contributed by atoms with Crippen molar-refractivity contribution >= 4 is 5.91 Å². The van der Waals surface area contributed by atoms with E-state index in [2.05, 4.69) is 5.32 Å². The van der Waals surface area contributed by atoms with Gasteiger partial charge in [0.05, 0.1) is 0 Å². The van der Waals surface area contributed by atoms with Crippen molar-refractivity contribution in [3.8, 4) is 5.75 Å². The van der Waals surface area contributed by atoms with Crippen LogP contribution in [0.5, 0.6) is 5.75 Å². The summed E-state index contributed by atoms with van der Waals surface area (Å²) in [6, 6.07) is 15.2. The molecule has 20 heavy (non-hydrogen) atoms. The second kappa shape index (κ2) is 6.70. The van der Waals surface area contributed by atoms with Crippen molar-refractivity contribution in [2.24, 2.45) is 0 Å². The third-order valence-corrected chi connectivity index (χ3v) is 2.81. The highest BCUT2D eigenvalue weighted by Crippen LogP contribution is 2.13. The molecule has 104 valence electrons. The minimum Gasteiger partial charge on any atom is -0.481 e. The van der Waals surface area contributed by atoms with E-state index in [4.69, 9.17) is 4.74 Å². The van der Waals surface area contributed by atoms with Gasteiger partial charge in [0.2, 0.25) is 0 Å². The molecule has 0 saturated heterocycles. The molecule has 4 heteroatoms. The smallest absolute Gasteiger partial charge is 0.261 e. The lowest BCUT2D eigenvalue weighted by Gasteiger charge is -2.14. The predicted molar refractivity (Wildman–Crippen MR) is 74.8 cm³/mol. The Bertz CT molecular complexity index is 554. The largest absolute Gasteiger partial charge is 0.481 e. The second-order valence-electron chi connectivity index (χ2n) is 4.42. The standard InChI is InChI=1S/C16H16FNO2/c1-12(20-15-9-7-14(17)8-10-15)16(19)18-11-13-5-3-2-4-6-13/h2-10,12H,11H2,1H3,(H,18,19)/t12-/m1/s1. The number of carbonyl (C=O) groups is 1. The Balaban J connectivity index is 1.84. The van der Waals surface area contributed by atoms with E-state index >= 15 is 0 Å². The van der Waals surface area contributed by atoms with E-state index < -0.39 is 6.10 Å². The summed E-state index contributed by atoms with van der Waals surface area (Å²) in [6.07, 6.45) is -0.635. The number of nitrogens with one attached hydrogen (secondary N) is 1. The molecule has 1 atom stereocenters. The topological polar surface area (TPSA) is 38.3 Å². The fourth-order valence-corrected chi connectivity index (χ4v) is 1.70. The fraction of sp³-hybridized carbons (Fsp3) is 0.188. The van der Waals surface area contributed by atoms with E-state index in [-0.39, 0.29) is 11.7 Å². The Morgan fingerprint density at radius 1 is 1.15 bits per heavy atom. The molecule has 0 fully saturated rings. The Labute approximate surface area is 117 Å². The number of halogens is 1. The Morgan fingerprint density at radius 3 is 2.45 bits per heavy atom. The van der Waals surface area contributed by atoms with Gasteiger partial charge in [-0.3, -0.25) is 4.79 Å². The number of hydrogen-bond acceptors (Lipinski definition) is 2. The predicted octanol–water partition coefficient (Wildman–Crippen LogP) is 2.91. The number of hydrogen-bond donors (Lipinski definition) is 1. The molecule has 2 aromatic carbocycles. The second-order valence-corrected chi connectivity index (χ2v) is 4.42. The van der Waals surface area contributed by atoms with E-state index in [1.54, 1.807) is 6.92 Å². The van der Waals surface area contributed by atoms with Crippen LogP contribution < -0.4 is 10.1 Å². The van der Waals surface area contributed by atoms with E-state index in [1.807, 2.05) is 30.3 Å². The quantitative estimate of drug-likeness (QED) is 0.909. The van der Waals surface area contributed by atoms with E-state index in [9.17, 15) is 9.18 Å². The summed E-state index contributed by atoms with van der Waals surface area (Å²) in [5.41, 5.74) is 1.02. The van der Waals surface area contributed by atoms with Crippen LogP contribution in [0.2, 0.25) is 0 Å². The number of carbonyl (C=O) groups excluding carboxylic acids is 1. The van der Waals surface area contributed by atoms with Gasteiger partial charge in [-0.25, -0.2) is 4.39 Å². The van der Waals surface area contributed by atoms with Crippen molar-refractivity contribution in [2.45, 2.75) is 19.6 Å². The van der Waals surface area contributed by atoms with Crippen LogP contribution in [0.4, 0.5) is 4.39 Å². The molecule has 0 bridgehead atoms. The summed E-state index contributed by atoms with van der Waals surface area (Å²) >= 11 is 0. The van der Waals surface area contributed by atoms with E-state index in [0.717, 1.165) is 5.56 Å². The molecule has 2 rings (SSSR count). The summed E-state index contributed by atoms with van der Waals surface area (Å²) in [6.45, 7) is 2.11. The van der Waals surface area contributed by atoms with Crippen LogP contribution in [0.15, 0.2) is 54.6 Å². The first-order chi connectivity index (χ1) is 9.65. The van der Waals surface area contributed by atoms with Crippen LogP contribution in [0.25, 0.3) is 0 Å². The zero-order valence-corrected chi connectivity index (χ0v) is 11.2. The summed E-state index contributed by atoms with van der Waals surface area (Å²) in [4.78, 5) is 11.9. The number of ether oxygens (including phenoxy) is 1. The molecule has 0 radical (unpaired) electrons. The SMILES string of the molecule is C[C@@H](Oc1ccc(F)cc1)C(=O)NCc1ccccc1. The maximum atomic E-state index is 12.8. The number of amides is 1. The average molecular weight is 273 g/mol. The normalized spacial score (nSPS) is 11.7. The van der Waals surface area contributed by atoms with Gasteiger partial charge in [-0.2, -0.15) is 0 Å². The summed E-state index contributed by atoms with van der Waals surface area (Å²) in [7, 11) is 0. The van der Waals surface area contributed by atoms with Gasteiger partial charge < -0.3 is 10.1 Å². The first-order valence-corrected chi connectivity index (χ1v) is 6.39. The van der Waals surface area contributed by atoms with Crippen LogP contribution in [0.1, 0.15) is 12.5 Å². The van der Waals surface area contributed by atoms with Crippen LogP contribution in [-0.4, -0.2) is 12.0 Å². The molecule has 0 aliphatic heterocycles. The molecule has 3 nitrogen and oxygen atoms in total. The Kier molecular flexibility index (Phi) is 4.71. The highest BCUT2D eigenvalue weighted by atomic mass is 19.1. The summed E-state index contributed by atoms with van der Waals surface area (Å²) < 4.78 is 18.2. The maximum Gasteiger partial charge on any atom is 0.261 e. The average Bonchev–Trinajstić information content (AvgIpc) is 2.48. The van der Waals surface area contributed by atoms with Gasteiger partial charge in [-0.1, -0.05) is 30.3 Å². The lowest BCUT2D eigenvalue weighted by Crippen LogP contribution is -2.35. The zero-order chi connectivity index (χ0) is 14.4. The molecule has 0 saturated carbocycles. The van der Waals surface area contributed by atoms with Gasteiger partial charge >= 0.3 is 0 Å². The zero-order valence-electron chi connectivity index (χ0n) is 11.2. The molecule has 1 amide bonds. The van der Waals surface area contributed by atoms with Crippen molar-refractivity contribution < 1.29 is 13.9 Å². The summed E-state index contributed by atoms with van der Waals surface area (Å²) in [5, 5.41) is 2.79. The van der Waals surface area contributed by atoms with Crippen molar-refractivity contribution in [3.05, 3.63) is 66.0 Å². The van der Waals surface area contributed by atoms with Gasteiger partial charge in [-0.05, 0) is 36.8 Å². The Hall–Kier alpha value is -2.36. The molecular weight excluding hydrogens is 257 g/mol. The maximum absolute atomic E-state index is 12.8. The molecule has 0 aliphatic rings.